The summed E-state index contributed by atoms with van der Waals surface area (Å²) in [4.78, 5) is 38.1. The van der Waals surface area contributed by atoms with Gasteiger partial charge in [-0.15, -0.1) is 0 Å². The van der Waals surface area contributed by atoms with Crippen LogP contribution in [0.15, 0.2) is 108 Å². The molecule has 0 saturated carbocycles. The number of amides is 2. The van der Waals surface area contributed by atoms with Gasteiger partial charge in [-0.2, -0.15) is 0 Å². The van der Waals surface area contributed by atoms with Crippen LogP contribution in [0.2, 0.25) is 0 Å². The number of nitrogens with one attached hydrogen (secondary N) is 2. The van der Waals surface area contributed by atoms with Gasteiger partial charge in [0.15, 0.2) is 11.6 Å². The molecule has 1 aliphatic heterocycles. The van der Waals surface area contributed by atoms with Gasteiger partial charge in [0.25, 0.3) is 5.56 Å². The molecule has 1 aliphatic rings. The van der Waals surface area contributed by atoms with E-state index in [-0.39, 0.29) is 23.8 Å². The molecule has 1 unspecified atom stereocenters. The Hall–Kier alpha value is -5.38. The molecular weight excluding hydrogens is 550 g/mol. The van der Waals surface area contributed by atoms with E-state index in [4.69, 9.17) is 4.98 Å². The zero-order valence-corrected chi connectivity index (χ0v) is 23.1. The highest BCUT2D eigenvalue weighted by Crippen LogP contribution is 2.26. The number of carbonyl (C=O) groups excluding carboxylic acids is 1. The summed E-state index contributed by atoms with van der Waals surface area (Å²) in [7, 11) is 0. The van der Waals surface area contributed by atoms with Crippen LogP contribution in [0.25, 0.3) is 5.69 Å². The van der Waals surface area contributed by atoms with Crippen molar-refractivity contribution in [2.24, 2.45) is 0 Å². The molecule has 10 heteroatoms. The van der Waals surface area contributed by atoms with Crippen LogP contribution in [0.1, 0.15) is 28.6 Å². The molecule has 0 bridgehead atoms. The summed E-state index contributed by atoms with van der Waals surface area (Å²) in [5.74, 6) is -1.68. The van der Waals surface area contributed by atoms with Crippen LogP contribution < -0.4 is 16.2 Å². The minimum absolute atomic E-state index is 0.0137. The number of anilines is 2. The molecule has 2 N–H and O–H groups in total. The number of hydrogen-bond acceptors (Lipinski definition) is 5. The molecule has 0 aliphatic carbocycles. The third-order valence-corrected chi connectivity index (χ3v) is 7.35. The molecule has 2 aromatic heterocycles. The van der Waals surface area contributed by atoms with E-state index in [9.17, 15) is 18.4 Å². The molecule has 0 fully saturated rings. The molecule has 3 aromatic carbocycles. The number of hydrogen-bond donors (Lipinski definition) is 2. The molecule has 2 amide bonds. The highest BCUT2D eigenvalue weighted by atomic mass is 19.2. The maximum absolute atomic E-state index is 14.1. The Balaban J connectivity index is 1.35. The van der Waals surface area contributed by atoms with Crippen LogP contribution in [-0.2, 0) is 19.4 Å². The molecular formula is C33H28F2N6O2. The van der Waals surface area contributed by atoms with Crippen LogP contribution in [0.4, 0.5) is 25.2 Å². The monoisotopic (exact) mass is 578 g/mol. The van der Waals surface area contributed by atoms with Gasteiger partial charge in [0, 0.05) is 43.0 Å². The minimum Gasteiger partial charge on any atom is -0.348 e. The number of urea groups is 1. The third-order valence-electron chi connectivity index (χ3n) is 7.35. The quantitative estimate of drug-likeness (QED) is 0.251. The topological polar surface area (TPSA) is 92.2 Å². The fraction of sp³-hybridized carbons (Fsp3) is 0.152. The van der Waals surface area contributed by atoms with Gasteiger partial charge in [0.2, 0.25) is 5.95 Å². The van der Waals surface area contributed by atoms with E-state index in [1.54, 1.807) is 6.20 Å². The highest BCUT2D eigenvalue weighted by Gasteiger charge is 2.28. The second-order valence-electron chi connectivity index (χ2n) is 10.2. The van der Waals surface area contributed by atoms with Crippen molar-refractivity contribution in [3.63, 3.8) is 0 Å². The molecule has 8 nitrogen and oxygen atoms in total. The van der Waals surface area contributed by atoms with Crippen molar-refractivity contribution in [1.29, 1.82) is 0 Å². The maximum atomic E-state index is 14.1. The SMILES string of the molecule is O=C(Nc1ccc(F)c(F)c1)N1CCc2nc(NC(Cc3ccccn3)c3ccccc3)n(-c3ccccc3)c(=O)c2C1. The number of aromatic nitrogens is 3. The summed E-state index contributed by atoms with van der Waals surface area (Å²) in [5, 5.41) is 6.12. The van der Waals surface area contributed by atoms with Gasteiger partial charge in [-0.1, -0.05) is 54.6 Å². The predicted molar refractivity (Wildman–Crippen MR) is 160 cm³/mol. The van der Waals surface area contributed by atoms with Gasteiger partial charge < -0.3 is 15.5 Å². The lowest BCUT2D eigenvalue weighted by Gasteiger charge is -2.30. The normalized spacial score (nSPS) is 13.2. The third kappa shape index (κ3) is 6.13. The molecule has 5 aromatic rings. The van der Waals surface area contributed by atoms with Crippen molar-refractivity contribution in [3.05, 3.63) is 148 Å². The first-order valence-corrected chi connectivity index (χ1v) is 13.9. The first-order valence-electron chi connectivity index (χ1n) is 13.9. The van der Waals surface area contributed by atoms with Crippen molar-refractivity contribution in [2.75, 3.05) is 17.2 Å². The molecule has 0 spiro atoms. The summed E-state index contributed by atoms with van der Waals surface area (Å²) in [6.07, 6.45) is 2.66. The zero-order chi connectivity index (χ0) is 29.8. The van der Waals surface area contributed by atoms with Gasteiger partial charge in [-0.05, 0) is 42.0 Å². The van der Waals surface area contributed by atoms with Crippen LogP contribution >= 0.6 is 0 Å². The highest BCUT2D eigenvalue weighted by molar-refractivity contribution is 5.89. The number of rotatable bonds is 7. The van der Waals surface area contributed by atoms with Gasteiger partial charge >= 0.3 is 6.03 Å². The number of para-hydroxylation sites is 1. The van der Waals surface area contributed by atoms with Crippen molar-refractivity contribution in [2.45, 2.75) is 25.4 Å². The first kappa shape index (κ1) is 27.8. The molecule has 1 atom stereocenters. The van der Waals surface area contributed by atoms with Crippen LogP contribution in [0.3, 0.4) is 0 Å². The number of fused-ring (bicyclic) bond motifs is 1. The number of carbonyl (C=O) groups is 1. The Bertz CT molecular complexity index is 1800. The van der Waals surface area contributed by atoms with Crippen molar-refractivity contribution in [3.8, 4) is 5.69 Å². The van der Waals surface area contributed by atoms with Crippen LogP contribution in [0.5, 0.6) is 0 Å². The predicted octanol–water partition coefficient (Wildman–Crippen LogP) is 5.89. The average Bonchev–Trinajstić information content (AvgIpc) is 3.04. The zero-order valence-electron chi connectivity index (χ0n) is 23.1. The molecule has 0 radical (unpaired) electrons. The number of pyridine rings is 1. The average molecular weight is 579 g/mol. The van der Waals surface area contributed by atoms with E-state index < -0.39 is 17.7 Å². The Kier molecular flexibility index (Phi) is 7.90. The van der Waals surface area contributed by atoms with E-state index in [0.717, 1.165) is 23.4 Å². The lowest BCUT2D eigenvalue weighted by Crippen LogP contribution is -2.43. The van der Waals surface area contributed by atoms with E-state index in [1.165, 1.54) is 15.5 Å². The first-order chi connectivity index (χ1) is 21.0. The number of halogens is 2. The van der Waals surface area contributed by atoms with Gasteiger partial charge in [0.1, 0.15) is 0 Å². The molecule has 0 saturated heterocycles. The summed E-state index contributed by atoms with van der Waals surface area (Å²) < 4.78 is 28.6. The molecule has 6 rings (SSSR count). The van der Waals surface area contributed by atoms with Crippen LogP contribution in [0, 0.1) is 11.6 Å². The van der Waals surface area contributed by atoms with E-state index in [1.807, 2.05) is 78.9 Å². The summed E-state index contributed by atoms with van der Waals surface area (Å²) in [6, 6.07) is 27.3. The van der Waals surface area contributed by atoms with Gasteiger partial charge in [-0.25, -0.2) is 23.1 Å². The van der Waals surface area contributed by atoms with Crippen molar-refractivity contribution in [1.82, 2.24) is 19.4 Å². The molecule has 3 heterocycles. The van der Waals surface area contributed by atoms with Gasteiger partial charge in [0.05, 0.1) is 29.5 Å². The minimum atomic E-state index is -1.06. The van der Waals surface area contributed by atoms with E-state index in [2.05, 4.69) is 15.6 Å². The molecule has 43 heavy (non-hydrogen) atoms. The lowest BCUT2D eigenvalue weighted by molar-refractivity contribution is 0.205. The lowest BCUT2D eigenvalue weighted by atomic mass is 10.0. The van der Waals surface area contributed by atoms with Crippen molar-refractivity contribution < 1.29 is 13.6 Å². The second kappa shape index (κ2) is 12.2. The summed E-state index contributed by atoms with van der Waals surface area (Å²) in [6.45, 7) is 0.305. The number of nitrogens with zero attached hydrogens (tertiary/aromatic N) is 4. The van der Waals surface area contributed by atoms with E-state index in [0.29, 0.717) is 42.3 Å². The smallest absolute Gasteiger partial charge is 0.322 e. The Morgan fingerprint density at radius 2 is 1.65 bits per heavy atom. The Morgan fingerprint density at radius 1 is 0.907 bits per heavy atom. The van der Waals surface area contributed by atoms with Gasteiger partial charge in [-0.3, -0.25) is 9.78 Å². The number of benzene rings is 3. The summed E-state index contributed by atoms with van der Waals surface area (Å²) >= 11 is 0. The fourth-order valence-electron chi connectivity index (χ4n) is 5.16. The van der Waals surface area contributed by atoms with Crippen molar-refractivity contribution >= 4 is 17.7 Å². The van der Waals surface area contributed by atoms with E-state index >= 15 is 0 Å². The fourth-order valence-corrected chi connectivity index (χ4v) is 5.16. The molecule has 216 valence electrons. The van der Waals surface area contributed by atoms with Crippen LogP contribution in [-0.4, -0.2) is 32.0 Å². The standard InChI is InChI=1S/C33H28F2N6O2/c34-27-15-14-24(19-28(27)35)37-33(43)40-18-16-29-26(21-40)31(42)41(25-12-5-2-6-13-25)32(38-29)39-30(22-9-3-1-4-10-22)20-23-11-7-8-17-36-23/h1-15,17,19,30H,16,18,20-21H2,(H,37,43)(H,38,39). The largest absolute Gasteiger partial charge is 0.348 e. The Morgan fingerprint density at radius 3 is 2.37 bits per heavy atom. The maximum Gasteiger partial charge on any atom is 0.322 e. The summed E-state index contributed by atoms with van der Waals surface area (Å²) in [5.41, 5.74) is 3.34. The second-order valence-corrected chi connectivity index (χ2v) is 10.2. The Labute approximate surface area is 246 Å².